The molecule has 0 aliphatic rings. The lowest BCUT2D eigenvalue weighted by Gasteiger charge is -2.14. The lowest BCUT2D eigenvalue weighted by atomic mass is 9.99. The summed E-state index contributed by atoms with van der Waals surface area (Å²) in [5, 5.41) is 17.8. The topological polar surface area (TPSA) is 118 Å². The Morgan fingerprint density at radius 3 is 2.30 bits per heavy atom. The Morgan fingerprint density at radius 2 is 1.78 bits per heavy atom. The molecular weight excluding hydrogens is 304 g/mol. The van der Waals surface area contributed by atoms with Gasteiger partial charge < -0.3 is 14.9 Å². The predicted octanol–water partition coefficient (Wildman–Crippen LogP) is 2.00. The summed E-state index contributed by atoms with van der Waals surface area (Å²) in [4.78, 5) is 45.7. The van der Waals surface area contributed by atoms with Crippen LogP contribution in [0.3, 0.4) is 0 Å². The number of carbonyl (C=O) groups excluding carboxylic acids is 2. The summed E-state index contributed by atoms with van der Waals surface area (Å²) in [5.41, 5.74) is -1.71. The van der Waals surface area contributed by atoms with Gasteiger partial charge in [0.15, 0.2) is 0 Å². The van der Waals surface area contributed by atoms with Gasteiger partial charge in [-0.25, -0.2) is 9.59 Å². The maximum Gasteiger partial charge on any atom is 0.339 e. The number of carbonyl (C=O) groups is 4. The second-order valence-electron chi connectivity index (χ2n) is 4.74. The minimum atomic E-state index is -1.71. The van der Waals surface area contributed by atoms with Crippen molar-refractivity contribution in [2.24, 2.45) is 5.92 Å². The molecule has 1 rings (SSSR count). The number of carboxylic acids is 2. The summed E-state index contributed by atoms with van der Waals surface area (Å²) in [6.45, 7) is 1.35. The van der Waals surface area contributed by atoms with Gasteiger partial charge in [0, 0.05) is 6.42 Å². The van der Waals surface area contributed by atoms with Crippen LogP contribution < -0.4 is 0 Å². The maximum absolute atomic E-state index is 12.3. The summed E-state index contributed by atoms with van der Waals surface area (Å²) >= 11 is 0. The molecule has 0 saturated carbocycles. The smallest absolute Gasteiger partial charge is 0.339 e. The van der Waals surface area contributed by atoms with Gasteiger partial charge in [-0.05, 0) is 24.4 Å². The fourth-order valence-corrected chi connectivity index (χ4v) is 1.78. The van der Waals surface area contributed by atoms with Gasteiger partial charge in [-0.3, -0.25) is 9.59 Å². The number of hydrogen-bond donors (Lipinski definition) is 2. The maximum atomic E-state index is 12.3. The first kappa shape index (κ1) is 12.8. The summed E-state index contributed by atoms with van der Waals surface area (Å²) in [6, 6.07) is -3.28. The van der Waals surface area contributed by atoms with Crippen LogP contribution in [-0.4, -0.2) is 40.5 Å². The van der Waals surface area contributed by atoms with Gasteiger partial charge in [0.25, 0.3) is 0 Å². The number of ketones is 1. The van der Waals surface area contributed by atoms with E-state index in [0.717, 1.165) is 0 Å². The number of ether oxygens (including phenoxy) is 1. The summed E-state index contributed by atoms with van der Waals surface area (Å²) in [6.07, 6.45) is -0.453. The molecule has 1 atom stereocenters. The normalized spacial score (nSPS) is 14.0. The molecule has 0 fully saturated rings. The molecule has 0 bridgehead atoms. The first-order valence-electron chi connectivity index (χ1n) is 8.75. The average molecular weight is 326 g/mol. The van der Waals surface area contributed by atoms with Crippen molar-refractivity contribution in [2.45, 2.75) is 26.2 Å². The first-order valence-corrected chi connectivity index (χ1v) is 6.75. The molecule has 0 radical (unpaired) electrons. The standard InChI is InChI=1S/C16H18O7/c1-2-10(7-11(17)8-14(18)19)9-23-16(22)13-6-4-3-5-12(13)15(20)21/h3-6,10H,2,7-9H2,1H3,(H,18,19)(H,20,21)/i3D,4D,5D,6D. The van der Waals surface area contributed by atoms with E-state index in [1.54, 1.807) is 6.92 Å². The zero-order valence-electron chi connectivity index (χ0n) is 16.3. The molecule has 0 spiro atoms. The van der Waals surface area contributed by atoms with Crippen LogP contribution in [0.4, 0.5) is 0 Å². The highest BCUT2D eigenvalue weighted by Gasteiger charge is 2.20. The fraction of sp³-hybridized carbons (Fsp3) is 0.375. The van der Waals surface area contributed by atoms with Crippen LogP contribution in [0.25, 0.3) is 0 Å². The highest BCUT2D eigenvalue weighted by molar-refractivity contribution is 6.02. The summed E-state index contributed by atoms with van der Waals surface area (Å²) < 4.78 is 35.4. The quantitative estimate of drug-likeness (QED) is 0.526. The van der Waals surface area contributed by atoms with Gasteiger partial charge in [-0.2, -0.15) is 0 Å². The third-order valence-corrected chi connectivity index (χ3v) is 3.00. The summed E-state index contributed by atoms with van der Waals surface area (Å²) in [7, 11) is 0. The number of esters is 1. The molecule has 0 aromatic heterocycles. The van der Waals surface area contributed by atoms with Crippen molar-refractivity contribution < 1.29 is 39.6 Å². The minimum absolute atomic E-state index is 0.158. The van der Waals surface area contributed by atoms with Crippen LogP contribution in [0.2, 0.25) is 0 Å². The van der Waals surface area contributed by atoms with Gasteiger partial charge in [0.2, 0.25) is 0 Å². The lowest BCUT2D eigenvalue weighted by Crippen LogP contribution is -2.19. The third-order valence-electron chi connectivity index (χ3n) is 3.00. The Morgan fingerprint density at radius 1 is 1.17 bits per heavy atom. The molecule has 7 heteroatoms. The Balaban J connectivity index is 3.05. The SMILES string of the molecule is [2H]c1c([2H])c([2H])c(C(=O)OCC(CC)CC(=O)CC(=O)O)c(C(=O)O)c1[2H]. The van der Waals surface area contributed by atoms with Crippen molar-refractivity contribution in [1.29, 1.82) is 0 Å². The van der Waals surface area contributed by atoms with Crippen molar-refractivity contribution >= 4 is 23.7 Å². The minimum Gasteiger partial charge on any atom is -0.481 e. The van der Waals surface area contributed by atoms with E-state index in [1.807, 2.05) is 0 Å². The van der Waals surface area contributed by atoms with Gasteiger partial charge in [-0.1, -0.05) is 19.0 Å². The number of hydrogen-bond acceptors (Lipinski definition) is 5. The lowest BCUT2D eigenvalue weighted by molar-refractivity contribution is -0.140. The molecular formula is C16H18O7. The first-order chi connectivity index (χ1) is 12.5. The van der Waals surface area contributed by atoms with Gasteiger partial charge in [0.1, 0.15) is 12.2 Å². The van der Waals surface area contributed by atoms with Crippen LogP contribution in [0, 0.1) is 5.92 Å². The van der Waals surface area contributed by atoms with E-state index in [-0.39, 0.29) is 13.0 Å². The number of Topliss-reactive ketones (excluding diaryl/α,β-unsaturated/α-hetero) is 1. The molecule has 0 aliphatic heterocycles. The van der Waals surface area contributed by atoms with Crippen molar-refractivity contribution in [3.05, 3.63) is 35.3 Å². The average Bonchev–Trinajstić information content (AvgIpc) is 2.58. The number of aromatic carboxylic acids is 1. The largest absolute Gasteiger partial charge is 0.481 e. The molecule has 0 amide bonds. The molecule has 0 heterocycles. The van der Waals surface area contributed by atoms with E-state index in [4.69, 9.17) is 15.3 Å². The van der Waals surface area contributed by atoms with Gasteiger partial charge in [0.05, 0.1) is 23.2 Å². The zero-order valence-corrected chi connectivity index (χ0v) is 12.3. The van der Waals surface area contributed by atoms with E-state index in [0.29, 0.717) is 6.42 Å². The molecule has 124 valence electrons. The Bertz CT molecular complexity index is 792. The van der Waals surface area contributed by atoms with Crippen molar-refractivity contribution in [1.82, 2.24) is 0 Å². The number of aliphatic carboxylic acids is 1. The van der Waals surface area contributed by atoms with Gasteiger partial charge in [-0.15, -0.1) is 0 Å². The van der Waals surface area contributed by atoms with E-state index in [1.165, 1.54) is 0 Å². The monoisotopic (exact) mass is 326 g/mol. The van der Waals surface area contributed by atoms with E-state index in [9.17, 15) is 24.3 Å². The molecule has 23 heavy (non-hydrogen) atoms. The third kappa shape index (κ3) is 5.90. The van der Waals surface area contributed by atoms with Crippen LogP contribution in [0.5, 0.6) is 0 Å². The van der Waals surface area contributed by atoms with Gasteiger partial charge >= 0.3 is 17.9 Å². The second-order valence-corrected chi connectivity index (χ2v) is 4.74. The van der Waals surface area contributed by atoms with Crippen molar-refractivity contribution in [3.63, 3.8) is 0 Å². The number of rotatable bonds is 9. The number of benzene rings is 1. The van der Waals surface area contributed by atoms with Crippen molar-refractivity contribution in [2.75, 3.05) is 6.61 Å². The molecule has 1 aromatic rings. The molecule has 1 aromatic carbocycles. The Kier molecular flexibility index (Phi) is 4.83. The molecule has 7 nitrogen and oxygen atoms in total. The van der Waals surface area contributed by atoms with Crippen molar-refractivity contribution in [3.8, 4) is 0 Å². The van der Waals surface area contributed by atoms with Crippen LogP contribution >= 0.6 is 0 Å². The van der Waals surface area contributed by atoms with E-state index >= 15 is 0 Å². The van der Waals surface area contributed by atoms with Crippen LogP contribution in [0.15, 0.2) is 24.2 Å². The molecule has 2 N–H and O–H groups in total. The van der Waals surface area contributed by atoms with E-state index in [2.05, 4.69) is 0 Å². The predicted molar refractivity (Wildman–Crippen MR) is 79.3 cm³/mol. The van der Waals surface area contributed by atoms with E-state index < -0.39 is 71.3 Å². The summed E-state index contributed by atoms with van der Waals surface area (Å²) in [5.74, 6) is -5.32. The van der Waals surface area contributed by atoms with Crippen LogP contribution in [0.1, 0.15) is 52.4 Å². The fourth-order valence-electron chi connectivity index (χ4n) is 1.78. The molecule has 1 unspecified atom stereocenters. The molecule has 0 saturated heterocycles. The second kappa shape index (κ2) is 8.67. The highest BCUT2D eigenvalue weighted by atomic mass is 16.5. The van der Waals surface area contributed by atoms with Crippen LogP contribution in [-0.2, 0) is 14.3 Å². The Labute approximate surface area is 138 Å². The molecule has 0 aliphatic carbocycles. The Hall–Kier alpha value is -2.70. The highest BCUT2D eigenvalue weighted by Crippen LogP contribution is 2.14. The number of carboxylic acid groups (broad SMARTS) is 2. The zero-order chi connectivity index (χ0) is 20.9.